The molecule has 0 aromatic carbocycles. The largest absolute Gasteiger partial charge is 0.368 e. The fourth-order valence-electron chi connectivity index (χ4n) is 0.790. The van der Waals surface area contributed by atoms with Gasteiger partial charge in [-0.05, 0) is 13.8 Å². The monoisotopic (exact) mass is 184 g/mol. The van der Waals surface area contributed by atoms with E-state index in [9.17, 15) is 0 Å². The highest BCUT2D eigenvalue weighted by Gasteiger charge is 2.16. The summed E-state index contributed by atoms with van der Waals surface area (Å²) in [5.41, 5.74) is 6.04. The molecule has 5 heteroatoms. The highest BCUT2D eigenvalue weighted by Crippen LogP contribution is 2.09. The number of rotatable bonds is 4. The van der Waals surface area contributed by atoms with Crippen molar-refractivity contribution in [2.45, 2.75) is 26.1 Å². The third-order valence-electron chi connectivity index (χ3n) is 1.75. The summed E-state index contributed by atoms with van der Waals surface area (Å²) >= 11 is 0. The molecule has 5 nitrogen and oxygen atoms in total. The van der Waals surface area contributed by atoms with Crippen LogP contribution in [0.5, 0.6) is 0 Å². The lowest BCUT2D eigenvalue weighted by Crippen LogP contribution is -2.33. The molecule has 1 rings (SSSR count). The van der Waals surface area contributed by atoms with Gasteiger partial charge in [0.2, 0.25) is 0 Å². The molecule has 1 aromatic rings. The zero-order valence-corrected chi connectivity index (χ0v) is 8.32. The lowest BCUT2D eigenvalue weighted by Gasteiger charge is -2.22. The van der Waals surface area contributed by atoms with E-state index >= 15 is 0 Å². The molecule has 0 spiro atoms. The molecule has 0 saturated heterocycles. The molecular formula is C8H16N4O. The van der Waals surface area contributed by atoms with E-state index in [-0.39, 0.29) is 5.60 Å². The first-order valence-corrected chi connectivity index (χ1v) is 4.23. The molecule has 0 saturated carbocycles. The van der Waals surface area contributed by atoms with Crippen LogP contribution < -0.4 is 5.73 Å². The number of ether oxygens (including phenoxy) is 1. The van der Waals surface area contributed by atoms with Gasteiger partial charge in [-0.25, -0.2) is 0 Å². The molecule has 74 valence electrons. The second kappa shape index (κ2) is 3.85. The van der Waals surface area contributed by atoms with Crippen molar-refractivity contribution in [3.05, 3.63) is 11.9 Å². The third kappa shape index (κ3) is 3.12. The molecule has 0 atom stereocenters. The standard InChI is InChI=1S/C8H16N4O/c1-8(2,6-9)13-5-7-4-12(3)11-10-7/h4H,5-6,9H2,1-3H3. The fourth-order valence-corrected chi connectivity index (χ4v) is 0.790. The zero-order chi connectivity index (χ0) is 9.90. The molecule has 0 unspecified atom stereocenters. The predicted octanol–water partition coefficient (Wildman–Crippen LogP) is 0.0690. The first-order chi connectivity index (χ1) is 6.03. The quantitative estimate of drug-likeness (QED) is 0.719. The highest BCUT2D eigenvalue weighted by molar-refractivity contribution is 4.89. The first-order valence-electron chi connectivity index (χ1n) is 4.23. The average molecular weight is 184 g/mol. The van der Waals surface area contributed by atoms with Gasteiger partial charge in [0, 0.05) is 13.6 Å². The Labute approximate surface area is 77.9 Å². The van der Waals surface area contributed by atoms with E-state index in [1.807, 2.05) is 27.1 Å². The van der Waals surface area contributed by atoms with Crippen LogP contribution in [0.4, 0.5) is 0 Å². The second-order valence-corrected chi connectivity index (χ2v) is 3.64. The van der Waals surface area contributed by atoms with Crippen LogP contribution in [-0.4, -0.2) is 27.1 Å². The van der Waals surface area contributed by atoms with Crippen LogP contribution in [0.25, 0.3) is 0 Å². The smallest absolute Gasteiger partial charge is 0.108 e. The predicted molar refractivity (Wildman–Crippen MR) is 48.9 cm³/mol. The Balaban J connectivity index is 2.43. The maximum Gasteiger partial charge on any atom is 0.108 e. The van der Waals surface area contributed by atoms with E-state index in [0.29, 0.717) is 13.2 Å². The van der Waals surface area contributed by atoms with Crippen LogP contribution in [0.3, 0.4) is 0 Å². The van der Waals surface area contributed by atoms with Crippen molar-refractivity contribution in [1.29, 1.82) is 0 Å². The Bertz CT molecular complexity index is 269. The molecule has 13 heavy (non-hydrogen) atoms. The van der Waals surface area contributed by atoms with Gasteiger partial charge in [-0.2, -0.15) is 0 Å². The van der Waals surface area contributed by atoms with Gasteiger partial charge in [-0.1, -0.05) is 5.21 Å². The Morgan fingerprint density at radius 3 is 2.77 bits per heavy atom. The number of nitrogens with zero attached hydrogens (tertiary/aromatic N) is 3. The van der Waals surface area contributed by atoms with Crippen LogP contribution in [0.2, 0.25) is 0 Å². The molecule has 1 heterocycles. The summed E-state index contributed by atoms with van der Waals surface area (Å²) in [4.78, 5) is 0. The van der Waals surface area contributed by atoms with Crippen LogP contribution in [-0.2, 0) is 18.4 Å². The van der Waals surface area contributed by atoms with E-state index in [1.54, 1.807) is 4.68 Å². The van der Waals surface area contributed by atoms with Gasteiger partial charge in [-0.3, -0.25) is 4.68 Å². The maximum atomic E-state index is 5.54. The highest BCUT2D eigenvalue weighted by atomic mass is 16.5. The number of aromatic nitrogens is 3. The van der Waals surface area contributed by atoms with Gasteiger partial charge in [0.1, 0.15) is 5.69 Å². The van der Waals surface area contributed by atoms with Gasteiger partial charge in [0.15, 0.2) is 0 Å². The fraction of sp³-hybridized carbons (Fsp3) is 0.750. The minimum atomic E-state index is -0.294. The van der Waals surface area contributed by atoms with Gasteiger partial charge in [0.25, 0.3) is 0 Å². The van der Waals surface area contributed by atoms with E-state index in [4.69, 9.17) is 10.5 Å². The van der Waals surface area contributed by atoms with Crippen molar-refractivity contribution < 1.29 is 4.74 Å². The minimum absolute atomic E-state index is 0.294. The van der Waals surface area contributed by atoms with Crippen molar-refractivity contribution in [2.75, 3.05) is 6.54 Å². The molecule has 0 amide bonds. The minimum Gasteiger partial charge on any atom is -0.368 e. The van der Waals surface area contributed by atoms with Crippen LogP contribution in [0.1, 0.15) is 19.5 Å². The van der Waals surface area contributed by atoms with Crippen LogP contribution in [0, 0.1) is 0 Å². The van der Waals surface area contributed by atoms with Crippen molar-refractivity contribution in [3.8, 4) is 0 Å². The van der Waals surface area contributed by atoms with Gasteiger partial charge < -0.3 is 10.5 Å². The summed E-state index contributed by atoms with van der Waals surface area (Å²) < 4.78 is 7.18. The lowest BCUT2D eigenvalue weighted by molar-refractivity contribution is -0.0236. The van der Waals surface area contributed by atoms with E-state index in [1.165, 1.54) is 0 Å². The van der Waals surface area contributed by atoms with E-state index < -0.39 is 0 Å². The summed E-state index contributed by atoms with van der Waals surface area (Å²) in [7, 11) is 1.82. The number of hydrogen-bond acceptors (Lipinski definition) is 4. The van der Waals surface area contributed by atoms with Crippen molar-refractivity contribution in [2.24, 2.45) is 12.8 Å². The van der Waals surface area contributed by atoms with Crippen molar-refractivity contribution >= 4 is 0 Å². The summed E-state index contributed by atoms with van der Waals surface area (Å²) in [6.07, 6.45) is 1.83. The Hall–Kier alpha value is -0.940. The molecule has 0 aliphatic heterocycles. The number of nitrogens with two attached hydrogens (primary N) is 1. The maximum absolute atomic E-state index is 5.54. The average Bonchev–Trinajstić information content (AvgIpc) is 2.48. The Morgan fingerprint density at radius 1 is 1.62 bits per heavy atom. The SMILES string of the molecule is Cn1cc(COC(C)(C)CN)nn1. The molecule has 0 radical (unpaired) electrons. The van der Waals surface area contributed by atoms with Crippen molar-refractivity contribution in [3.63, 3.8) is 0 Å². The molecule has 0 aliphatic carbocycles. The van der Waals surface area contributed by atoms with E-state index in [0.717, 1.165) is 5.69 Å². The third-order valence-corrected chi connectivity index (χ3v) is 1.75. The number of aryl methyl sites for hydroxylation is 1. The molecule has 0 bridgehead atoms. The molecule has 0 fully saturated rings. The summed E-state index contributed by atoms with van der Waals surface area (Å²) in [5.74, 6) is 0. The number of hydrogen-bond donors (Lipinski definition) is 1. The van der Waals surface area contributed by atoms with Crippen LogP contribution in [0.15, 0.2) is 6.20 Å². The second-order valence-electron chi connectivity index (χ2n) is 3.64. The zero-order valence-electron chi connectivity index (χ0n) is 8.32. The van der Waals surface area contributed by atoms with Crippen LogP contribution >= 0.6 is 0 Å². The summed E-state index contributed by atoms with van der Waals surface area (Å²) in [6.45, 7) is 4.85. The lowest BCUT2D eigenvalue weighted by atomic mass is 10.1. The molecule has 2 N–H and O–H groups in total. The van der Waals surface area contributed by atoms with Gasteiger partial charge in [0.05, 0.1) is 18.4 Å². The van der Waals surface area contributed by atoms with Gasteiger partial charge in [-0.15, -0.1) is 5.10 Å². The Morgan fingerprint density at radius 2 is 2.31 bits per heavy atom. The van der Waals surface area contributed by atoms with E-state index in [2.05, 4.69) is 10.3 Å². The Kier molecular flexibility index (Phi) is 3.00. The molecule has 1 aromatic heterocycles. The molecular weight excluding hydrogens is 168 g/mol. The normalized spacial score (nSPS) is 12.0. The summed E-state index contributed by atoms with van der Waals surface area (Å²) in [5, 5.41) is 7.70. The van der Waals surface area contributed by atoms with Gasteiger partial charge >= 0.3 is 0 Å². The van der Waals surface area contributed by atoms with Crippen molar-refractivity contribution in [1.82, 2.24) is 15.0 Å². The first kappa shape index (κ1) is 10.1. The topological polar surface area (TPSA) is 66.0 Å². The summed E-state index contributed by atoms with van der Waals surface area (Å²) in [6, 6.07) is 0. The molecule has 0 aliphatic rings.